The first-order chi connectivity index (χ1) is 8.29. The quantitative estimate of drug-likeness (QED) is 0.820. The van der Waals surface area contributed by atoms with Crippen molar-refractivity contribution in [3.05, 3.63) is 35.4 Å². The van der Waals surface area contributed by atoms with Crippen LogP contribution in [0.2, 0.25) is 0 Å². The number of benzene rings is 1. The molecule has 1 aromatic carbocycles. The summed E-state index contributed by atoms with van der Waals surface area (Å²) >= 11 is 1.68. The number of hydrogen-bond donors (Lipinski definition) is 1. The van der Waals surface area contributed by atoms with Gasteiger partial charge in [0.2, 0.25) is 5.91 Å². The zero-order valence-corrected chi connectivity index (χ0v) is 10.3. The van der Waals surface area contributed by atoms with Crippen LogP contribution in [-0.2, 0) is 17.6 Å². The van der Waals surface area contributed by atoms with Gasteiger partial charge in [0, 0.05) is 5.25 Å². The topological polar surface area (TPSA) is 52.9 Å². The van der Waals surface area contributed by atoms with E-state index in [1.54, 1.807) is 11.8 Å². The third kappa shape index (κ3) is 3.24. The van der Waals surface area contributed by atoms with E-state index in [9.17, 15) is 4.79 Å². The number of nitrogens with zero attached hydrogens (tertiary/aromatic N) is 1. The molecule has 4 heteroatoms. The van der Waals surface area contributed by atoms with E-state index in [1.807, 2.05) is 6.07 Å². The van der Waals surface area contributed by atoms with Crippen LogP contribution in [0.25, 0.3) is 0 Å². The van der Waals surface area contributed by atoms with Crippen LogP contribution in [-0.4, -0.2) is 23.5 Å². The monoisotopic (exact) mass is 246 g/mol. The van der Waals surface area contributed by atoms with Crippen molar-refractivity contribution < 1.29 is 4.79 Å². The van der Waals surface area contributed by atoms with E-state index in [4.69, 9.17) is 5.26 Å². The first-order valence-electron chi connectivity index (χ1n) is 5.61. The fourth-order valence-corrected chi connectivity index (χ4v) is 3.10. The second-order valence-corrected chi connectivity index (χ2v) is 5.33. The fraction of sp³-hybridized carbons (Fsp3) is 0.385. The first kappa shape index (κ1) is 12.0. The predicted molar refractivity (Wildman–Crippen MR) is 68.7 cm³/mol. The lowest BCUT2D eigenvalue weighted by Gasteiger charge is -2.07. The van der Waals surface area contributed by atoms with Crippen LogP contribution in [0.3, 0.4) is 0 Å². The maximum atomic E-state index is 11.3. The molecule has 1 aliphatic rings. The lowest BCUT2D eigenvalue weighted by atomic mass is 10.1. The summed E-state index contributed by atoms with van der Waals surface area (Å²) in [6, 6.07) is 10.3. The molecule has 0 heterocycles. The van der Waals surface area contributed by atoms with Gasteiger partial charge in [-0.3, -0.25) is 4.79 Å². The average Bonchev–Trinajstić information content (AvgIpc) is 2.76. The molecule has 3 nitrogen and oxygen atoms in total. The molecule has 1 N–H and O–H groups in total. The Kier molecular flexibility index (Phi) is 4.05. The number of thioether (sulfide) groups is 1. The van der Waals surface area contributed by atoms with E-state index in [2.05, 4.69) is 29.6 Å². The van der Waals surface area contributed by atoms with Crippen LogP contribution in [0.1, 0.15) is 11.1 Å². The first-order valence-corrected chi connectivity index (χ1v) is 6.66. The summed E-state index contributed by atoms with van der Waals surface area (Å²) in [7, 11) is 0. The zero-order valence-electron chi connectivity index (χ0n) is 9.48. The van der Waals surface area contributed by atoms with Crippen molar-refractivity contribution in [1.82, 2.24) is 5.32 Å². The van der Waals surface area contributed by atoms with E-state index in [0.29, 0.717) is 11.0 Å². The van der Waals surface area contributed by atoms with Crippen LogP contribution in [0.5, 0.6) is 0 Å². The van der Waals surface area contributed by atoms with Gasteiger partial charge in [-0.15, -0.1) is 11.8 Å². The van der Waals surface area contributed by atoms with Gasteiger partial charge in [0.05, 0.1) is 11.8 Å². The van der Waals surface area contributed by atoms with Crippen molar-refractivity contribution in [3.8, 4) is 6.07 Å². The van der Waals surface area contributed by atoms with Crippen LogP contribution >= 0.6 is 11.8 Å². The summed E-state index contributed by atoms with van der Waals surface area (Å²) in [5, 5.41) is 11.4. The molecule has 1 amide bonds. The number of nitriles is 1. The predicted octanol–water partition coefficient (Wildman–Crippen LogP) is 1.53. The van der Waals surface area contributed by atoms with Gasteiger partial charge in [0.15, 0.2) is 0 Å². The molecule has 0 saturated heterocycles. The molecule has 0 spiro atoms. The van der Waals surface area contributed by atoms with Crippen LogP contribution < -0.4 is 5.32 Å². The van der Waals surface area contributed by atoms with Crippen molar-refractivity contribution in [3.63, 3.8) is 0 Å². The van der Waals surface area contributed by atoms with Crippen molar-refractivity contribution in [2.75, 3.05) is 12.3 Å². The van der Waals surface area contributed by atoms with Crippen molar-refractivity contribution in [1.29, 1.82) is 5.26 Å². The summed E-state index contributed by atoms with van der Waals surface area (Å²) in [4.78, 5) is 11.3. The summed E-state index contributed by atoms with van der Waals surface area (Å²) in [6.45, 7) is 0.101. The van der Waals surface area contributed by atoms with E-state index >= 15 is 0 Å². The van der Waals surface area contributed by atoms with E-state index in [0.717, 1.165) is 12.8 Å². The number of rotatable bonds is 4. The molecule has 0 fully saturated rings. The fourth-order valence-electron chi connectivity index (χ4n) is 2.02. The van der Waals surface area contributed by atoms with Gasteiger partial charge in [0.25, 0.3) is 0 Å². The highest BCUT2D eigenvalue weighted by Gasteiger charge is 2.21. The van der Waals surface area contributed by atoms with Gasteiger partial charge in [-0.2, -0.15) is 5.26 Å². The largest absolute Gasteiger partial charge is 0.342 e. The molecule has 0 atom stereocenters. The lowest BCUT2D eigenvalue weighted by Crippen LogP contribution is -2.26. The lowest BCUT2D eigenvalue weighted by molar-refractivity contribution is -0.118. The van der Waals surface area contributed by atoms with Crippen LogP contribution in [0.4, 0.5) is 0 Å². The number of amides is 1. The van der Waals surface area contributed by atoms with Crippen LogP contribution in [0, 0.1) is 11.3 Å². The molecular weight excluding hydrogens is 232 g/mol. The highest BCUT2D eigenvalue weighted by Crippen LogP contribution is 2.29. The average molecular weight is 246 g/mol. The highest BCUT2D eigenvalue weighted by molar-refractivity contribution is 8.00. The summed E-state index contributed by atoms with van der Waals surface area (Å²) in [5.41, 5.74) is 2.81. The second kappa shape index (κ2) is 5.74. The number of carbonyl (C=O) groups is 1. The number of fused-ring (bicyclic) bond motifs is 1. The zero-order chi connectivity index (χ0) is 12.1. The highest BCUT2D eigenvalue weighted by atomic mass is 32.2. The summed E-state index contributed by atoms with van der Waals surface area (Å²) in [6.07, 6.45) is 2.10. The SMILES string of the molecule is N#CCNC(=O)CSC1Cc2ccccc2C1. The standard InChI is InChI=1S/C13H14N2OS/c14-5-6-15-13(16)9-17-12-7-10-3-1-2-4-11(10)8-12/h1-4,12H,6-9H2,(H,15,16). The van der Waals surface area contributed by atoms with Gasteiger partial charge in [-0.25, -0.2) is 0 Å². The molecule has 88 valence electrons. The number of nitrogens with one attached hydrogen (secondary N) is 1. The molecule has 0 unspecified atom stereocenters. The molecule has 0 bridgehead atoms. The minimum absolute atomic E-state index is 0.0486. The van der Waals surface area contributed by atoms with Gasteiger partial charge in [-0.1, -0.05) is 24.3 Å². The third-order valence-corrected chi connectivity index (χ3v) is 4.06. The Hall–Kier alpha value is -1.47. The smallest absolute Gasteiger partial charge is 0.230 e. The van der Waals surface area contributed by atoms with Crippen molar-refractivity contribution >= 4 is 17.7 Å². The van der Waals surface area contributed by atoms with E-state index in [1.165, 1.54) is 11.1 Å². The molecular formula is C13H14N2OS. The molecule has 0 saturated carbocycles. The molecule has 0 radical (unpaired) electrons. The molecule has 0 aliphatic heterocycles. The maximum Gasteiger partial charge on any atom is 0.230 e. The Labute approximate surface area is 105 Å². The van der Waals surface area contributed by atoms with Gasteiger partial charge < -0.3 is 5.32 Å². The van der Waals surface area contributed by atoms with E-state index < -0.39 is 0 Å². The van der Waals surface area contributed by atoms with Crippen LogP contribution in [0.15, 0.2) is 24.3 Å². The molecule has 1 aromatic rings. The Morgan fingerprint density at radius 1 is 1.41 bits per heavy atom. The van der Waals surface area contributed by atoms with Gasteiger partial charge >= 0.3 is 0 Å². The Morgan fingerprint density at radius 2 is 2.06 bits per heavy atom. The Bertz CT molecular complexity index is 428. The van der Waals surface area contributed by atoms with Crippen molar-refractivity contribution in [2.45, 2.75) is 18.1 Å². The summed E-state index contributed by atoms with van der Waals surface area (Å²) < 4.78 is 0. The van der Waals surface area contributed by atoms with Gasteiger partial charge in [0.1, 0.15) is 6.54 Å². The molecule has 1 aliphatic carbocycles. The summed E-state index contributed by atoms with van der Waals surface area (Å²) in [5.74, 6) is 0.396. The molecule has 2 rings (SSSR count). The van der Waals surface area contributed by atoms with Crippen molar-refractivity contribution in [2.24, 2.45) is 0 Å². The number of carbonyl (C=O) groups excluding carboxylic acids is 1. The maximum absolute atomic E-state index is 11.3. The number of hydrogen-bond acceptors (Lipinski definition) is 3. The minimum atomic E-state index is -0.0486. The van der Waals surface area contributed by atoms with Gasteiger partial charge in [-0.05, 0) is 24.0 Å². The minimum Gasteiger partial charge on any atom is -0.342 e. The normalized spacial score (nSPS) is 14.1. The second-order valence-electron chi connectivity index (χ2n) is 4.04. The molecule has 17 heavy (non-hydrogen) atoms. The molecule has 0 aromatic heterocycles. The van der Waals surface area contributed by atoms with E-state index in [-0.39, 0.29) is 12.5 Å². The Balaban J connectivity index is 1.77. The Morgan fingerprint density at radius 3 is 2.65 bits per heavy atom. The third-order valence-electron chi connectivity index (χ3n) is 2.83.